The number of carbonyl (C=O) groups is 1. The van der Waals surface area contributed by atoms with Gasteiger partial charge >= 0.3 is 5.97 Å². The number of ether oxygens (including phenoxy) is 1. The molecule has 2 heterocycles. The van der Waals surface area contributed by atoms with Gasteiger partial charge in [0.05, 0.1) is 12.0 Å². The van der Waals surface area contributed by atoms with Crippen LogP contribution in [0.2, 0.25) is 0 Å². The maximum atomic E-state index is 12.4. The Balaban J connectivity index is 2.31. The first-order valence-electron chi connectivity index (χ1n) is 7.93. The summed E-state index contributed by atoms with van der Waals surface area (Å²) in [7, 11) is 0. The molecule has 1 fully saturated rings. The van der Waals surface area contributed by atoms with Crippen molar-refractivity contribution in [2.45, 2.75) is 40.7 Å². The van der Waals surface area contributed by atoms with E-state index >= 15 is 0 Å². The highest BCUT2D eigenvalue weighted by Gasteiger charge is 2.49. The van der Waals surface area contributed by atoms with Crippen LogP contribution in [0.25, 0.3) is 0 Å². The topological polar surface area (TPSA) is 64.4 Å². The molecule has 1 aromatic heterocycles. The largest absolute Gasteiger partial charge is 0.466 e. The van der Waals surface area contributed by atoms with Crippen LogP contribution in [0.3, 0.4) is 0 Å². The smallest absolute Gasteiger partial charge is 0.314 e. The molecule has 2 rings (SSSR count). The molecule has 122 valence electrons. The Hall–Kier alpha value is -1.85. The summed E-state index contributed by atoms with van der Waals surface area (Å²) in [5.41, 5.74) is -0.662. The van der Waals surface area contributed by atoms with Crippen molar-refractivity contribution in [2.24, 2.45) is 11.3 Å². The minimum atomic E-state index is -0.559. The normalized spacial score (nSPS) is 21.4. The van der Waals surface area contributed by atoms with Crippen LogP contribution in [-0.4, -0.2) is 35.2 Å². The number of hydrogen-bond donors (Lipinski definition) is 0. The second kappa shape index (κ2) is 6.50. The van der Waals surface area contributed by atoms with Crippen molar-refractivity contribution in [1.82, 2.24) is 9.55 Å². The standard InChI is InChI=1S/C16H25N3O3/c1-5-18-10-8-17-13(14(18)20)19-9-7-16(11-19,12(3)4)15(21)22-6-2/h8,10,12H,5-7,9,11H2,1-4H3. The molecule has 1 saturated heterocycles. The number of hydrogen-bond acceptors (Lipinski definition) is 5. The van der Waals surface area contributed by atoms with Crippen molar-refractivity contribution < 1.29 is 9.53 Å². The fourth-order valence-electron chi connectivity index (χ4n) is 3.06. The van der Waals surface area contributed by atoms with E-state index in [0.29, 0.717) is 38.5 Å². The summed E-state index contributed by atoms with van der Waals surface area (Å²) in [6.07, 6.45) is 4.01. The maximum absolute atomic E-state index is 12.4. The number of aromatic nitrogens is 2. The third-order valence-corrected chi connectivity index (χ3v) is 4.62. The van der Waals surface area contributed by atoms with E-state index in [4.69, 9.17) is 4.74 Å². The molecule has 0 N–H and O–H groups in total. The third-order valence-electron chi connectivity index (χ3n) is 4.62. The second-order valence-corrected chi connectivity index (χ2v) is 6.04. The van der Waals surface area contributed by atoms with Gasteiger partial charge < -0.3 is 14.2 Å². The van der Waals surface area contributed by atoms with E-state index in [1.54, 1.807) is 17.0 Å². The van der Waals surface area contributed by atoms with Crippen LogP contribution in [0.15, 0.2) is 17.2 Å². The lowest BCUT2D eigenvalue weighted by Crippen LogP contribution is -2.42. The molecule has 1 aliphatic rings. The van der Waals surface area contributed by atoms with Crippen LogP contribution in [0.1, 0.15) is 34.1 Å². The second-order valence-electron chi connectivity index (χ2n) is 6.04. The van der Waals surface area contributed by atoms with E-state index < -0.39 is 5.41 Å². The van der Waals surface area contributed by atoms with Crippen molar-refractivity contribution >= 4 is 11.8 Å². The zero-order valence-corrected chi connectivity index (χ0v) is 13.8. The van der Waals surface area contributed by atoms with Crippen LogP contribution >= 0.6 is 0 Å². The molecule has 0 amide bonds. The van der Waals surface area contributed by atoms with E-state index in [0.717, 1.165) is 0 Å². The molecule has 6 heteroatoms. The molecule has 22 heavy (non-hydrogen) atoms. The molecule has 1 aliphatic heterocycles. The number of nitrogens with zero attached hydrogens (tertiary/aromatic N) is 3. The maximum Gasteiger partial charge on any atom is 0.314 e. The fraction of sp³-hybridized carbons (Fsp3) is 0.688. The summed E-state index contributed by atoms with van der Waals surface area (Å²) in [6.45, 7) is 9.91. The summed E-state index contributed by atoms with van der Waals surface area (Å²) >= 11 is 0. The van der Waals surface area contributed by atoms with E-state index in [2.05, 4.69) is 4.98 Å². The highest BCUT2D eigenvalue weighted by atomic mass is 16.5. The van der Waals surface area contributed by atoms with E-state index in [1.165, 1.54) is 0 Å². The molecule has 1 atom stereocenters. The predicted octanol–water partition coefficient (Wildman–Crippen LogP) is 1.68. The van der Waals surface area contributed by atoms with Gasteiger partial charge in [-0.25, -0.2) is 4.98 Å². The van der Waals surface area contributed by atoms with E-state index in [9.17, 15) is 9.59 Å². The summed E-state index contributed by atoms with van der Waals surface area (Å²) in [4.78, 5) is 31.0. The van der Waals surface area contributed by atoms with Crippen molar-refractivity contribution in [3.8, 4) is 0 Å². The minimum absolute atomic E-state index is 0.103. The van der Waals surface area contributed by atoms with Crippen molar-refractivity contribution in [1.29, 1.82) is 0 Å². The van der Waals surface area contributed by atoms with Gasteiger partial charge in [0.25, 0.3) is 5.56 Å². The Morgan fingerprint density at radius 3 is 2.77 bits per heavy atom. The molecule has 0 radical (unpaired) electrons. The average molecular weight is 307 g/mol. The van der Waals surface area contributed by atoms with Gasteiger partial charge in [0.2, 0.25) is 0 Å². The highest BCUT2D eigenvalue weighted by Crippen LogP contribution is 2.39. The highest BCUT2D eigenvalue weighted by molar-refractivity contribution is 5.79. The third kappa shape index (κ3) is 2.74. The zero-order chi connectivity index (χ0) is 16.3. The SMILES string of the molecule is CCOC(=O)C1(C(C)C)CCN(c2nccn(CC)c2=O)C1. The summed E-state index contributed by atoms with van der Waals surface area (Å²) < 4.78 is 6.91. The molecule has 1 unspecified atom stereocenters. The van der Waals surface area contributed by atoms with Gasteiger partial charge in [0, 0.05) is 32.0 Å². The Morgan fingerprint density at radius 1 is 1.45 bits per heavy atom. The number of esters is 1. The van der Waals surface area contributed by atoms with Gasteiger partial charge in [0.15, 0.2) is 5.82 Å². The van der Waals surface area contributed by atoms with Gasteiger partial charge in [-0.2, -0.15) is 0 Å². The Kier molecular flexibility index (Phi) is 4.88. The van der Waals surface area contributed by atoms with Crippen LogP contribution < -0.4 is 10.5 Å². The summed E-state index contributed by atoms with van der Waals surface area (Å²) in [6, 6.07) is 0. The van der Waals surface area contributed by atoms with Gasteiger partial charge in [0.1, 0.15) is 0 Å². The first-order valence-corrected chi connectivity index (χ1v) is 7.93. The number of aryl methyl sites for hydroxylation is 1. The van der Waals surface area contributed by atoms with E-state index in [1.807, 2.05) is 32.6 Å². The fourth-order valence-corrected chi connectivity index (χ4v) is 3.06. The number of carbonyl (C=O) groups excluding carboxylic acids is 1. The Bertz CT molecular complexity index is 597. The van der Waals surface area contributed by atoms with E-state index in [-0.39, 0.29) is 17.4 Å². The molecule has 6 nitrogen and oxygen atoms in total. The Labute approximate surface area is 131 Å². The Morgan fingerprint density at radius 2 is 2.18 bits per heavy atom. The molecular formula is C16H25N3O3. The lowest BCUT2D eigenvalue weighted by molar-refractivity contribution is -0.156. The monoisotopic (exact) mass is 307 g/mol. The minimum Gasteiger partial charge on any atom is -0.466 e. The molecule has 1 aromatic rings. The van der Waals surface area contributed by atoms with Crippen molar-refractivity contribution in [2.75, 3.05) is 24.6 Å². The van der Waals surface area contributed by atoms with Crippen molar-refractivity contribution in [3.05, 3.63) is 22.7 Å². The molecule has 0 aliphatic carbocycles. The van der Waals surface area contributed by atoms with Crippen LogP contribution in [-0.2, 0) is 16.1 Å². The molecule has 0 saturated carbocycles. The summed E-state index contributed by atoms with van der Waals surface area (Å²) in [5.74, 6) is 0.407. The quantitative estimate of drug-likeness (QED) is 0.774. The molecular weight excluding hydrogens is 282 g/mol. The van der Waals surface area contributed by atoms with Crippen LogP contribution in [0.5, 0.6) is 0 Å². The first-order chi connectivity index (χ1) is 10.5. The zero-order valence-electron chi connectivity index (χ0n) is 13.8. The van der Waals surface area contributed by atoms with Gasteiger partial charge in [-0.15, -0.1) is 0 Å². The van der Waals surface area contributed by atoms with Gasteiger partial charge in [-0.3, -0.25) is 9.59 Å². The van der Waals surface area contributed by atoms with Crippen molar-refractivity contribution in [3.63, 3.8) is 0 Å². The number of anilines is 1. The van der Waals surface area contributed by atoms with Crippen LogP contribution in [0.4, 0.5) is 5.82 Å². The lowest BCUT2D eigenvalue weighted by atomic mass is 9.76. The van der Waals surface area contributed by atoms with Gasteiger partial charge in [-0.1, -0.05) is 13.8 Å². The molecule has 0 bridgehead atoms. The van der Waals surface area contributed by atoms with Gasteiger partial charge in [-0.05, 0) is 26.2 Å². The predicted molar refractivity (Wildman–Crippen MR) is 84.9 cm³/mol. The average Bonchev–Trinajstić information content (AvgIpc) is 2.94. The first kappa shape index (κ1) is 16.5. The number of rotatable bonds is 5. The summed E-state index contributed by atoms with van der Waals surface area (Å²) in [5, 5.41) is 0. The molecule has 0 spiro atoms. The lowest BCUT2D eigenvalue weighted by Gasteiger charge is -2.30. The van der Waals surface area contributed by atoms with Crippen LogP contribution in [0, 0.1) is 11.3 Å². The molecule has 0 aromatic carbocycles.